The Labute approximate surface area is 180 Å². The van der Waals surface area contributed by atoms with Crippen LogP contribution in [0.1, 0.15) is 77.9 Å². The first-order chi connectivity index (χ1) is 14.1. The minimum absolute atomic E-state index is 0.315. The summed E-state index contributed by atoms with van der Waals surface area (Å²) in [6, 6.07) is 14.0. The van der Waals surface area contributed by atoms with Crippen molar-refractivity contribution in [3.8, 4) is 0 Å². The van der Waals surface area contributed by atoms with Crippen LogP contribution in [-0.2, 0) is 9.47 Å². The van der Waals surface area contributed by atoms with E-state index in [1.165, 1.54) is 61.9 Å². The fraction of sp³-hybridized carbons (Fsp3) is 0.680. The molecule has 1 unspecified atom stereocenters. The van der Waals surface area contributed by atoms with Gasteiger partial charge in [0, 0.05) is 6.61 Å². The summed E-state index contributed by atoms with van der Waals surface area (Å²) in [5.41, 5.74) is 1.00. The molecule has 1 rings (SSSR count). The third-order valence-electron chi connectivity index (χ3n) is 5.84. The second-order valence-electron chi connectivity index (χ2n) is 8.05. The zero-order valence-corrected chi connectivity index (χ0v) is 20.3. The Morgan fingerprint density at radius 2 is 1.45 bits per heavy atom. The molecule has 0 fully saturated rings. The Hall–Kier alpha value is -0.943. The molecule has 0 bridgehead atoms. The van der Waals surface area contributed by atoms with Crippen molar-refractivity contribution in [3.05, 3.63) is 47.2 Å². The lowest BCUT2D eigenvalue weighted by Crippen LogP contribution is -2.40. The lowest BCUT2D eigenvalue weighted by molar-refractivity contribution is -0.0392. The standard InChI is InChI=1S/C25H44O3Si/c1-5-9-19-29(20-10-6-2,21-11-7-3)24(17-18-28-22-27-8-4)25(26)23-15-13-12-14-16-23/h12-17,25-26H,5-11,18-22H2,1-4H3/b24-17-. The molecule has 0 heterocycles. The molecule has 1 aromatic carbocycles. The zero-order valence-electron chi connectivity index (χ0n) is 19.3. The molecular weight excluding hydrogens is 376 g/mol. The van der Waals surface area contributed by atoms with Crippen LogP contribution in [0.4, 0.5) is 0 Å². The second-order valence-corrected chi connectivity index (χ2v) is 12.7. The van der Waals surface area contributed by atoms with E-state index in [-0.39, 0.29) is 0 Å². The van der Waals surface area contributed by atoms with Gasteiger partial charge in [-0.3, -0.25) is 0 Å². The molecule has 0 saturated carbocycles. The summed E-state index contributed by atoms with van der Waals surface area (Å²) in [5, 5.41) is 12.8. The van der Waals surface area contributed by atoms with Crippen LogP contribution in [0.2, 0.25) is 18.1 Å². The Balaban J connectivity index is 3.27. The minimum atomic E-state index is -1.81. The summed E-state index contributed by atoms with van der Waals surface area (Å²) < 4.78 is 11.0. The number of unbranched alkanes of at least 4 members (excludes halogenated alkanes) is 3. The number of benzene rings is 1. The Kier molecular flexibility index (Phi) is 14.3. The molecule has 29 heavy (non-hydrogen) atoms. The molecule has 0 aliphatic carbocycles. The molecule has 0 aliphatic heterocycles. The molecule has 4 heteroatoms. The van der Waals surface area contributed by atoms with E-state index in [0.717, 1.165) is 5.56 Å². The van der Waals surface area contributed by atoms with Gasteiger partial charge in [-0.2, -0.15) is 0 Å². The van der Waals surface area contributed by atoms with Gasteiger partial charge >= 0.3 is 0 Å². The van der Waals surface area contributed by atoms with E-state index >= 15 is 0 Å². The first-order valence-corrected chi connectivity index (χ1v) is 14.4. The van der Waals surface area contributed by atoms with Gasteiger partial charge in [-0.15, -0.1) is 0 Å². The molecule has 0 saturated heterocycles. The first-order valence-electron chi connectivity index (χ1n) is 11.7. The summed E-state index contributed by atoms with van der Waals surface area (Å²) in [6.45, 7) is 10.3. The van der Waals surface area contributed by atoms with Gasteiger partial charge in [-0.1, -0.05) is 119 Å². The maximum Gasteiger partial charge on any atom is 0.147 e. The second kappa shape index (κ2) is 15.8. The number of aliphatic hydroxyl groups excluding tert-OH is 1. The molecule has 0 spiro atoms. The van der Waals surface area contributed by atoms with Gasteiger partial charge in [0.15, 0.2) is 0 Å². The predicted molar refractivity (Wildman–Crippen MR) is 127 cm³/mol. The van der Waals surface area contributed by atoms with Crippen LogP contribution >= 0.6 is 0 Å². The summed E-state index contributed by atoms with van der Waals surface area (Å²) >= 11 is 0. The molecular formula is C25H44O3Si. The lowest BCUT2D eigenvalue weighted by Gasteiger charge is -2.38. The molecule has 0 radical (unpaired) electrons. The van der Waals surface area contributed by atoms with Crippen molar-refractivity contribution in [2.45, 2.75) is 90.5 Å². The molecule has 1 N–H and O–H groups in total. The highest BCUT2D eigenvalue weighted by Crippen LogP contribution is 2.40. The maximum absolute atomic E-state index is 11.5. The van der Waals surface area contributed by atoms with Crippen molar-refractivity contribution in [3.63, 3.8) is 0 Å². The van der Waals surface area contributed by atoms with Crippen molar-refractivity contribution in [1.29, 1.82) is 0 Å². The zero-order chi connectivity index (χ0) is 21.4. The smallest absolute Gasteiger partial charge is 0.147 e. The SMILES string of the molecule is CCCC[Si](CCCC)(CCCC)/C(=C\COCOCC)C(O)c1ccccc1. The van der Waals surface area contributed by atoms with Crippen LogP contribution in [0.15, 0.2) is 41.6 Å². The monoisotopic (exact) mass is 420 g/mol. The van der Waals surface area contributed by atoms with Gasteiger partial charge in [0.1, 0.15) is 6.79 Å². The Morgan fingerprint density at radius 1 is 0.897 bits per heavy atom. The highest BCUT2D eigenvalue weighted by atomic mass is 28.3. The third-order valence-corrected chi connectivity index (χ3v) is 11.5. The molecule has 1 atom stereocenters. The number of hydrogen-bond donors (Lipinski definition) is 1. The molecule has 3 nitrogen and oxygen atoms in total. The van der Waals surface area contributed by atoms with E-state index in [4.69, 9.17) is 9.47 Å². The van der Waals surface area contributed by atoms with Gasteiger partial charge in [0.2, 0.25) is 0 Å². The Bertz CT molecular complexity index is 522. The van der Waals surface area contributed by atoms with Gasteiger partial charge in [0.25, 0.3) is 0 Å². The van der Waals surface area contributed by atoms with Crippen molar-refractivity contribution >= 4 is 8.07 Å². The molecule has 1 aromatic rings. The van der Waals surface area contributed by atoms with Crippen molar-refractivity contribution in [2.24, 2.45) is 0 Å². The molecule has 166 valence electrons. The summed E-state index contributed by atoms with van der Waals surface area (Å²) in [5.74, 6) is 0. The van der Waals surface area contributed by atoms with Crippen LogP contribution in [0.3, 0.4) is 0 Å². The van der Waals surface area contributed by atoms with Gasteiger partial charge < -0.3 is 14.6 Å². The normalized spacial score (nSPS) is 13.6. The number of hydrogen-bond acceptors (Lipinski definition) is 3. The van der Waals surface area contributed by atoms with Crippen LogP contribution in [0, 0.1) is 0 Å². The fourth-order valence-corrected chi connectivity index (χ4v) is 10.1. The van der Waals surface area contributed by atoms with Crippen LogP contribution < -0.4 is 0 Å². The molecule has 0 amide bonds. The molecule has 0 aromatic heterocycles. The minimum Gasteiger partial charge on any atom is -0.384 e. The third kappa shape index (κ3) is 9.16. The van der Waals surface area contributed by atoms with Crippen LogP contribution in [0.5, 0.6) is 0 Å². The average Bonchev–Trinajstić information content (AvgIpc) is 2.76. The van der Waals surface area contributed by atoms with E-state index in [0.29, 0.717) is 20.0 Å². The van der Waals surface area contributed by atoms with Gasteiger partial charge in [-0.05, 0) is 12.5 Å². The number of ether oxygens (including phenoxy) is 2. The van der Waals surface area contributed by atoms with Crippen LogP contribution in [-0.4, -0.2) is 33.2 Å². The van der Waals surface area contributed by atoms with E-state index < -0.39 is 14.2 Å². The van der Waals surface area contributed by atoms with E-state index in [1.54, 1.807) is 0 Å². The van der Waals surface area contributed by atoms with Crippen molar-refractivity contribution < 1.29 is 14.6 Å². The van der Waals surface area contributed by atoms with E-state index in [9.17, 15) is 5.11 Å². The molecule has 0 aliphatic rings. The van der Waals surface area contributed by atoms with Gasteiger partial charge in [0.05, 0.1) is 20.8 Å². The van der Waals surface area contributed by atoms with Crippen LogP contribution in [0.25, 0.3) is 0 Å². The maximum atomic E-state index is 11.5. The first kappa shape index (κ1) is 26.1. The highest BCUT2D eigenvalue weighted by molar-refractivity contribution is 6.86. The topological polar surface area (TPSA) is 38.7 Å². The predicted octanol–water partition coefficient (Wildman–Crippen LogP) is 7.05. The highest BCUT2D eigenvalue weighted by Gasteiger charge is 2.38. The summed E-state index contributed by atoms with van der Waals surface area (Å²) in [4.78, 5) is 0. The number of rotatable bonds is 17. The van der Waals surface area contributed by atoms with Crippen molar-refractivity contribution in [1.82, 2.24) is 0 Å². The Morgan fingerprint density at radius 3 is 1.93 bits per heavy atom. The quantitative estimate of drug-likeness (QED) is 0.167. The summed E-state index contributed by atoms with van der Waals surface area (Å²) in [6.07, 6.45) is 9.07. The van der Waals surface area contributed by atoms with E-state index in [1.807, 2.05) is 25.1 Å². The lowest BCUT2D eigenvalue weighted by atomic mass is 10.1. The van der Waals surface area contributed by atoms with Gasteiger partial charge in [-0.25, -0.2) is 0 Å². The number of aliphatic hydroxyl groups is 1. The largest absolute Gasteiger partial charge is 0.384 e. The fourth-order valence-electron chi connectivity index (χ4n) is 4.13. The van der Waals surface area contributed by atoms with Crippen molar-refractivity contribution in [2.75, 3.05) is 20.0 Å². The van der Waals surface area contributed by atoms with E-state index in [2.05, 4.69) is 39.0 Å². The summed E-state index contributed by atoms with van der Waals surface area (Å²) in [7, 11) is -1.81. The average molecular weight is 421 g/mol.